The molecule has 1 aromatic rings. The van der Waals surface area contributed by atoms with Gasteiger partial charge < -0.3 is 4.74 Å². The average molecular weight is 204 g/mol. The van der Waals surface area contributed by atoms with E-state index in [1.54, 1.807) is 12.3 Å². The number of aromatic nitrogens is 1. The van der Waals surface area contributed by atoms with Gasteiger partial charge in [0.2, 0.25) is 0 Å². The van der Waals surface area contributed by atoms with Crippen LogP contribution in [-0.4, -0.2) is 18.8 Å². The summed E-state index contributed by atoms with van der Waals surface area (Å²) in [5.41, 5.74) is 1.46. The predicted octanol–water partition coefficient (Wildman–Crippen LogP) is 1.95. The zero-order valence-corrected chi connectivity index (χ0v) is 10.0. The minimum atomic E-state index is 0.331. The van der Waals surface area contributed by atoms with E-state index in [9.17, 15) is 0 Å². The molecule has 1 aromatic heterocycles. The Bertz CT molecular complexity index is 345. The molecule has 0 fully saturated rings. The van der Waals surface area contributed by atoms with Crippen molar-refractivity contribution < 1.29 is 4.74 Å². The van der Waals surface area contributed by atoms with Gasteiger partial charge >= 0.3 is 0 Å². The van der Waals surface area contributed by atoms with Gasteiger partial charge in [0.15, 0.2) is 12.5 Å². The first kappa shape index (κ1) is 13.5. The van der Waals surface area contributed by atoms with Crippen LogP contribution in [0.1, 0.15) is 19.4 Å². The molecule has 15 heavy (non-hydrogen) atoms. The lowest BCUT2D eigenvalue weighted by Crippen LogP contribution is -2.26. The number of rotatable bonds is 2. The summed E-state index contributed by atoms with van der Waals surface area (Å²) in [5.74, 6) is 0.534. The van der Waals surface area contributed by atoms with Crippen LogP contribution in [-0.2, 0) is 0 Å². The van der Waals surface area contributed by atoms with E-state index < -0.39 is 0 Å². The van der Waals surface area contributed by atoms with Crippen LogP contribution in [0.3, 0.4) is 0 Å². The largest absolute Gasteiger partial charge is 0.494 e. The Labute approximate surface area is 92.2 Å². The molecule has 1 rings (SSSR count). The number of hydrogen-bond acceptors (Lipinski definition) is 3. The predicted molar refractivity (Wildman–Crippen MR) is 64.0 cm³/mol. The maximum atomic E-state index is 8.80. The molecule has 0 aliphatic carbocycles. The number of methoxy groups -OCH3 is 1. The van der Waals surface area contributed by atoms with Crippen molar-refractivity contribution >= 4 is 12.3 Å². The molecule has 3 nitrogen and oxygen atoms in total. The van der Waals surface area contributed by atoms with E-state index in [2.05, 4.69) is 11.1 Å². The second-order valence-corrected chi connectivity index (χ2v) is 3.08. The molecule has 0 atom stereocenters. The molecule has 0 spiro atoms. The fraction of sp³-hybridized carbons (Fsp3) is 0.455. The Morgan fingerprint density at radius 3 is 2.40 bits per heavy atom. The van der Waals surface area contributed by atoms with Crippen molar-refractivity contribution in [2.45, 2.75) is 27.5 Å². The monoisotopic (exact) mass is 204 g/mol. The van der Waals surface area contributed by atoms with Crippen molar-refractivity contribution in [1.29, 1.82) is 5.26 Å². The Hall–Kier alpha value is -1.50. The molecule has 0 radical (unpaired) electrons. The molecule has 0 unspecified atom stereocenters. The van der Waals surface area contributed by atoms with E-state index >= 15 is 0 Å². The Kier molecular flexibility index (Phi) is 6.20. The van der Waals surface area contributed by atoms with Crippen molar-refractivity contribution in [2.75, 3.05) is 7.11 Å². The van der Waals surface area contributed by atoms with Crippen LogP contribution >= 0.6 is 0 Å². The molecule has 0 bridgehead atoms. The summed E-state index contributed by atoms with van der Waals surface area (Å²) in [5, 5.41) is 8.80. The highest BCUT2D eigenvalue weighted by Crippen LogP contribution is 2.12. The molecule has 4 heteroatoms. The van der Waals surface area contributed by atoms with Crippen molar-refractivity contribution in [3.63, 3.8) is 0 Å². The van der Waals surface area contributed by atoms with Gasteiger partial charge in [0.05, 0.1) is 18.9 Å². The minimum Gasteiger partial charge on any atom is -0.494 e. The molecular weight excluding hydrogens is 187 g/mol. The first-order valence-electron chi connectivity index (χ1n) is 5.13. The van der Waals surface area contributed by atoms with Gasteiger partial charge in [-0.05, 0) is 6.07 Å². The van der Waals surface area contributed by atoms with Crippen LogP contribution in [0.25, 0.3) is 0 Å². The number of pyridine rings is 1. The SMILES string of the molecule is CC.COc1cnc(B(C)C)cc1C#N. The lowest BCUT2D eigenvalue weighted by Gasteiger charge is -2.05. The van der Waals surface area contributed by atoms with E-state index in [0.717, 1.165) is 5.59 Å². The van der Waals surface area contributed by atoms with E-state index in [1.807, 2.05) is 27.5 Å². The van der Waals surface area contributed by atoms with Gasteiger partial charge in [-0.2, -0.15) is 5.26 Å². The molecule has 0 amide bonds. The topological polar surface area (TPSA) is 45.9 Å². The average Bonchev–Trinajstić information content (AvgIpc) is 2.30. The van der Waals surface area contributed by atoms with E-state index in [-0.39, 0.29) is 0 Å². The molecule has 0 aliphatic rings. The van der Waals surface area contributed by atoms with Gasteiger partial charge in [-0.25, -0.2) is 0 Å². The normalized spacial score (nSPS) is 8.27. The van der Waals surface area contributed by atoms with Crippen molar-refractivity contribution in [3.05, 3.63) is 17.8 Å². The second-order valence-electron chi connectivity index (χ2n) is 3.08. The zero-order valence-electron chi connectivity index (χ0n) is 10.0. The summed E-state index contributed by atoms with van der Waals surface area (Å²) < 4.78 is 4.99. The van der Waals surface area contributed by atoms with Crippen LogP contribution in [0, 0.1) is 11.3 Å². The molecule has 0 aromatic carbocycles. The van der Waals surface area contributed by atoms with Crippen LogP contribution in [0.2, 0.25) is 13.6 Å². The molecule has 0 N–H and O–H groups in total. The number of hydrogen-bond donors (Lipinski definition) is 0. The van der Waals surface area contributed by atoms with Crippen molar-refractivity contribution in [1.82, 2.24) is 4.98 Å². The van der Waals surface area contributed by atoms with Gasteiger partial charge in [-0.15, -0.1) is 0 Å². The van der Waals surface area contributed by atoms with Crippen LogP contribution in [0.4, 0.5) is 0 Å². The Morgan fingerprint density at radius 1 is 1.40 bits per heavy atom. The zero-order chi connectivity index (χ0) is 11.8. The number of nitriles is 1. The van der Waals surface area contributed by atoms with Gasteiger partial charge in [0.1, 0.15) is 6.07 Å². The van der Waals surface area contributed by atoms with Gasteiger partial charge in [0, 0.05) is 5.59 Å². The third kappa shape index (κ3) is 3.63. The van der Waals surface area contributed by atoms with Gasteiger partial charge in [-0.1, -0.05) is 27.5 Å². The highest BCUT2D eigenvalue weighted by atomic mass is 16.5. The third-order valence-corrected chi connectivity index (χ3v) is 1.82. The quantitative estimate of drug-likeness (QED) is 0.691. The van der Waals surface area contributed by atoms with Crippen molar-refractivity contribution in [2.24, 2.45) is 0 Å². The fourth-order valence-corrected chi connectivity index (χ4v) is 1.02. The lowest BCUT2D eigenvalue weighted by atomic mass is 9.52. The molecule has 0 saturated carbocycles. The first-order chi connectivity index (χ1) is 7.19. The summed E-state index contributed by atoms with van der Waals surface area (Å²) in [6.45, 7) is 8.41. The molecule has 80 valence electrons. The van der Waals surface area contributed by atoms with E-state index in [0.29, 0.717) is 18.0 Å². The molecule has 0 aliphatic heterocycles. The maximum Gasteiger partial charge on any atom is 0.194 e. The van der Waals surface area contributed by atoms with Gasteiger partial charge in [0.25, 0.3) is 0 Å². The van der Waals surface area contributed by atoms with E-state index in [1.165, 1.54) is 7.11 Å². The minimum absolute atomic E-state index is 0.331. The van der Waals surface area contributed by atoms with Crippen molar-refractivity contribution in [3.8, 4) is 11.8 Å². The molecular formula is C11H17BN2O. The summed E-state index contributed by atoms with van der Waals surface area (Å²) in [7, 11) is 1.53. The Morgan fingerprint density at radius 2 is 2.00 bits per heavy atom. The summed E-state index contributed by atoms with van der Waals surface area (Å²) >= 11 is 0. The van der Waals surface area contributed by atoms with Crippen LogP contribution in [0.15, 0.2) is 12.3 Å². The Balaban J connectivity index is 0.000000921. The second kappa shape index (κ2) is 6.89. The lowest BCUT2D eigenvalue weighted by molar-refractivity contribution is 0.412. The van der Waals surface area contributed by atoms with Gasteiger partial charge in [-0.3, -0.25) is 4.98 Å². The summed E-state index contributed by atoms with van der Waals surface area (Å²) in [4.78, 5) is 4.18. The van der Waals surface area contributed by atoms with E-state index in [4.69, 9.17) is 10.00 Å². The third-order valence-electron chi connectivity index (χ3n) is 1.82. The highest BCUT2D eigenvalue weighted by molar-refractivity contribution is 6.69. The maximum absolute atomic E-state index is 8.80. The van der Waals surface area contributed by atoms with Crippen LogP contribution < -0.4 is 10.3 Å². The number of ether oxygens (including phenoxy) is 1. The standard InChI is InChI=1S/C9H11BN2O.C2H6/c1-10(2)9-4-7(5-11)8(13-3)6-12-9;1-2/h4,6H,1-3H3;1-2H3. The first-order valence-corrected chi connectivity index (χ1v) is 5.13. The molecule has 0 saturated heterocycles. The molecule has 1 heterocycles. The van der Waals surface area contributed by atoms with Crippen LogP contribution in [0.5, 0.6) is 5.75 Å². The number of nitrogens with zero attached hydrogens (tertiary/aromatic N) is 2. The highest BCUT2D eigenvalue weighted by Gasteiger charge is 2.09. The summed E-state index contributed by atoms with van der Waals surface area (Å²) in [6.07, 6.45) is 1.59. The fourth-order valence-electron chi connectivity index (χ4n) is 1.02. The smallest absolute Gasteiger partial charge is 0.194 e. The summed E-state index contributed by atoms with van der Waals surface area (Å²) in [6, 6.07) is 3.84.